The maximum absolute atomic E-state index is 14.0. The Hall–Kier alpha value is -5.05. The summed E-state index contributed by atoms with van der Waals surface area (Å²) in [5.41, 5.74) is -0.687. The maximum Gasteiger partial charge on any atom is 0.453 e. The molecule has 0 saturated carbocycles. The Morgan fingerprint density at radius 1 is 0.900 bits per heavy atom. The molecule has 1 heterocycles. The van der Waals surface area contributed by atoms with Gasteiger partial charge in [-0.3, -0.25) is 4.79 Å². The van der Waals surface area contributed by atoms with E-state index in [1.807, 2.05) is 42.5 Å². The third-order valence-electron chi connectivity index (χ3n) is 5.88. The Morgan fingerprint density at radius 2 is 1.62 bits per heavy atom. The molecule has 0 unspecified atom stereocenters. The van der Waals surface area contributed by atoms with Gasteiger partial charge in [-0.25, -0.2) is 4.79 Å². The average molecular weight is 546 g/mol. The fraction of sp³-hybridized carbons (Fsp3) is 0.0968. The highest BCUT2D eigenvalue weighted by Crippen LogP contribution is 2.40. The molecule has 202 valence electrons. The van der Waals surface area contributed by atoms with E-state index in [0.29, 0.717) is 0 Å². The molecular weight excluding hydrogens is 525 g/mol. The number of alkyl halides is 3. The standard InChI is InChI=1S/C31H21F3O6/c1-2-37-24-12-5-6-13-25(24)39-29-28(36)23-16-15-21(18-26(23)40-30(29)31(32,33)34)38-27(35)17-14-20-10-7-9-19-8-3-4-11-22(19)20/h3-18H,2H2,1H3/b17-14+. The van der Waals surface area contributed by atoms with Crippen LogP contribution in [0.2, 0.25) is 0 Å². The summed E-state index contributed by atoms with van der Waals surface area (Å²) < 4.78 is 63.0. The first-order valence-corrected chi connectivity index (χ1v) is 12.2. The van der Waals surface area contributed by atoms with Crippen molar-refractivity contribution in [1.29, 1.82) is 0 Å². The lowest BCUT2D eigenvalue weighted by molar-refractivity contribution is -0.154. The molecule has 0 radical (unpaired) electrons. The van der Waals surface area contributed by atoms with E-state index in [-0.39, 0.29) is 29.2 Å². The quantitative estimate of drug-likeness (QED) is 0.118. The van der Waals surface area contributed by atoms with Gasteiger partial charge in [0.1, 0.15) is 11.3 Å². The number of ether oxygens (including phenoxy) is 3. The van der Waals surface area contributed by atoms with Gasteiger partial charge in [-0.1, -0.05) is 54.6 Å². The summed E-state index contributed by atoms with van der Waals surface area (Å²) in [7, 11) is 0. The lowest BCUT2D eigenvalue weighted by Crippen LogP contribution is -2.16. The van der Waals surface area contributed by atoms with E-state index < -0.39 is 34.7 Å². The summed E-state index contributed by atoms with van der Waals surface area (Å²) in [5, 5.41) is 1.74. The van der Waals surface area contributed by atoms with Crippen LogP contribution in [-0.2, 0) is 11.0 Å². The average Bonchev–Trinajstić information content (AvgIpc) is 2.93. The van der Waals surface area contributed by atoms with Crippen LogP contribution in [0.1, 0.15) is 18.2 Å². The highest BCUT2D eigenvalue weighted by atomic mass is 19.4. The highest BCUT2D eigenvalue weighted by molar-refractivity contribution is 5.95. The molecule has 0 aliphatic carbocycles. The van der Waals surface area contributed by atoms with Crippen molar-refractivity contribution in [2.45, 2.75) is 13.1 Å². The number of hydrogen-bond donors (Lipinski definition) is 0. The predicted molar refractivity (Wildman–Crippen MR) is 144 cm³/mol. The molecule has 0 N–H and O–H groups in total. The zero-order valence-corrected chi connectivity index (χ0v) is 21.0. The second kappa shape index (κ2) is 11.0. The second-order valence-electron chi connectivity index (χ2n) is 8.55. The molecule has 0 spiro atoms. The van der Waals surface area contributed by atoms with Crippen LogP contribution in [0.15, 0.2) is 100 Å². The largest absolute Gasteiger partial charge is 0.490 e. The molecule has 0 atom stereocenters. The van der Waals surface area contributed by atoms with E-state index in [0.717, 1.165) is 22.4 Å². The zero-order valence-electron chi connectivity index (χ0n) is 21.0. The number of benzene rings is 4. The monoisotopic (exact) mass is 546 g/mol. The highest BCUT2D eigenvalue weighted by Gasteiger charge is 2.40. The lowest BCUT2D eigenvalue weighted by atomic mass is 10.0. The first kappa shape index (κ1) is 26.6. The summed E-state index contributed by atoms with van der Waals surface area (Å²) in [6, 6.07) is 22.8. The van der Waals surface area contributed by atoms with Crippen LogP contribution in [0.3, 0.4) is 0 Å². The minimum absolute atomic E-state index is 0.0787. The number of para-hydroxylation sites is 2. The van der Waals surface area contributed by atoms with Gasteiger partial charge in [-0.05, 0) is 53.6 Å². The van der Waals surface area contributed by atoms with Crippen molar-refractivity contribution in [2.75, 3.05) is 6.61 Å². The van der Waals surface area contributed by atoms with E-state index in [2.05, 4.69) is 0 Å². The van der Waals surface area contributed by atoms with Crippen molar-refractivity contribution in [3.8, 4) is 23.0 Å². The molecule has 1 aromatic heterocycles. The summed E-state index contributed by atoms with van der Waals surface area (Å²) in [6.45, 7) is 1.93. The first-order valence-electron chi connectivity index (χ1n) is 12.2. The van der Waals surface area contributed by atoms with Crippen LogP contribution < -0.4 is 19.6 Å². The molecule has 0 fully saturated rings. The number of fused-ring (bicyclic) bond motifs is 2. The number of carbonyl (C=O) groups is 1. The number of carbonyl (C=O) groups excluding carboxylic acids is 1. The number of esters is 1. The van der Waals surface area contributed by atoms with E-state index in [1.54, 1.807) is 19.1 Å². The predicted octanol–water partition coefficient (Wildman–Crippen LogP) is 7.77. The maximum atomic E-state index is 14.0. The third kappa shape index (κ3) is 5.54. The SMILES string of the molecule is CCOc1ccccc1Oc1c(C(F)(F)F)oc2cc(OC(=O)/C=C/c3cccc4ccccc34)ccc2c1=O. The molecule has 0 amide bonds. The van der Waals surface area contributed by atoms with Gasteiger partial charge in [0, 0.05) is 12.1 Å². The minimum Gasteiger partial charge on any atom is -0.490 e. The van der Waals surface area contributed by atoms with E-state index in [9.17, 15) is 22.8 Å². The van der Waals surface area contributed by atoms with Crippen LogP contribution in [0, 0.1) is 0 Å². The summed E-state index contributed by atoms with van der Waals surface area (Å²) in [5.74, 6) is -3.45. The van der Waals surface area contributed by atoms with Gasteiger partial charge in [0.25, 0.3) is 5.76 Å². The van der Waals surface area contributed by atoms with Crippen LogP contribution >= 0.6 is 0 Å². The number of hydrogen-bond acceptors (Lipinski definition) is 6. The lowest BCUT2D eigenvalue weighted by Gasteiger charge is -2.15. The van der Waals surface area contributed by atoms with Crippen molar-refractivity contribution in [2.24, 2.45) is 0 Å². The van der Waals surface area contributed by atoms with Crippen molar-refractivity contribution in [1.82, 2.24) is 0 Å². The van der Waals surface area contributed by atoms with Crippen molar-refractivity contribution < 1.29 is 36.6 Å². The van der Waals surface area contributed by atoms with Crippen LogP contribution in [0.5, 0.6) is 23.0 Å². The van der Waals surface area contributed by atoms with Crippen molar-refractivity contribution >= 4 is 33.8 Å². The molecule has 0 saturated heterocycles. The Labute approximate surface area is 225 Å². The molecule has 5 rings (SSSR count). The Morgan fingerprint density at radius 3 is 2.40 bits per heavy atom. The van der Waals surface area contributed by atoms with E-state index in [1.165, 1.54) is 36.4 Å². The van der Waals surface area contributed by atoms with Crippen molar-refractivity contribution in [3.05, 3.63) is 113 Å². The Kier molecular flexibility index (Phi) is 7.29. The Bertz CT molecular complexity index is 1800. The first-order chi connectivity index (χ1) is 19.2. The molecule has 9 heteroatoms. The molecule has 0 aliphatic heterocycles. The molecule has 4 aromatic carbocycles. The van der Waals surface area contributed by atoms with Gasteiger partial charge in [0.15, 0.2) is 11.5 Å². The fourth-order valence-electron chi connectivity index (χ4n) is 4.12. The van der Waals surface area contributed by atoms with E-state index in [4.69, 9.17) is 18.6 Å². The topological polar surface area (TPSA) is 75.0 Å². The van der Waals surface area contributed by atoms with Crippen LogP contribution in [-0.4, -0.2) is 12.6 Å². The fourth-order valence-corrected chi connectivity index (χ4v) is 4.12. The number of rotatable bonds is 7. The minimum atomic E-state index is -5.06. The van der Waals surface area contributed by atoms with Gasteiger partial charge in [0.2, 0.25) is 11.2 Å². The molecule has 0 bridgehead atoms. The molecular formula is C31H21F3O6. The van der Waals surface area contributed by atoms with Crippen LogP contribution in [0.25, 0.3) is 27.8 Å². The second-order valence-corrected chi connectivity index (χ2v) is 8.55. The Balaban J connectivity index is 1.46. The smallest absolute Gasteiger partial charge is 0.453 e. The summed E-state index contributed by atoms with van der Waals surface area (Å²) in [4.78, 5) is 25.6. The van der Waals surface area contributed by atoms with Gasteiger partial charge < -0.3 is 18.6 Å². The van der Waals surface area contributed by atoms with Gasteiger partial charge in [-0.15, -0.1) is 0 Å². The van der Waals surface area contributed by atoms with Gasteiger partial charge >= 0.3 is 12.1 Å². The molecule has 40 heavy (non-hydrogen) atoms. The molecule has 6 nitrogen and oxygen atoms in total. The van der Waals surface area contributed by atoms with Gasteiger partial charge in [-0.2, -0.15) is 13.2 Å². The normalized spacial score (nSPS) is 11.7. The van der Waals surface area contributed by atoms with Gasteiger partial charge in [0.05, 0.1) is 12.0 Å². The van der Waals surface area contributed by atoms with Crippen molar-refractivity contribution in [3.63, 3.8) is 0 Å². The molecule has 5 aromatic rings. The third-order valence-corrected chi connectivity index (χ3v) is 5.88. The van der Waals surface area contributed by atoms with E-state index >= 15 is 0 Å². The zero-order chi connectivity index (χ0) is 28.3. The summed E-state index contributed by atoms with van der Waals surface area (Å²) in [6.07, 6.45) is -2.27. The molecule has 0 aliphatic rings. The van der Waals surface area contributed by atoms with Crippen LogP contribution in [0.4, 0.5) is 13.2 Å². The number of halogens is 3. The summed E-state index contributed by atoms with van der Waals surface area (Å²) >= 11 is 0.